The molecule has 0 heterocycles. The monoisotopic (exact) mass is 308 g/mol. The topological polar surface area (TPSA) is 86.2 Å². The average molecular weight is 309 g/mol. The molecule has 6 heteroatoms. The standard InChI is InChI=1S/C14H13ClN2O2S/c15-13-6-9(14(17)18)4-5-10(13)8-20(19)12-3-1-2-11(16)7-12/h1-7H,8,16H2,(H2,17,18). The van der Waals surface area contributed by atoms with Crippen LogP contribution < -0.4 is 11.5 Å². The molecule has 0 radical (unpaired) electrons. The maximum atomic E-state index is 12.2. The first kappa shape index (κ1) is 14.6. The Hall–Kier alpha value is -1.85. The van der Waals surface area contributed by atoms with E-state index in [2.05, 4.69) is 0 Å². The van der Waals surface area contributed by atoms with Gasteiger partial charge in [0.15, 0.2) is 0 Å². The highest BCUT2D eigenvalue weighted by Gasteiger charge is 2.10. The zero-order valence-electron chi connectivity index (χ0n) is 10.5. The molecule has 1 amide bonds. The van der Waals surface area contributed by atoms with Gasteiger partial charge in [-0.1, -0.05) is 23.7 Å². The van der Waals surface area contributed by atoms with Gasteiger partial charge in [-0.2, -0.15) is 0 Å². The zero-order valence-corrected chi connectivity index (χ0v) is 12.1. The highest BCUT2D eigenvalue weighted by Crippen LogP contribution is 2.22. The number of hydrogen-bond donors (Lipinski definition) is 2. The van der Waals surface area contributed by atoms with E-state index >= 15 is 0 Å². The van der Waals surface area contributed by atoms with Gasteiger partial charge in [-0.15, -0.1) is 0 Å². The minimum absolute atomic E-state index is 0.251. The molecule has 20 heavy (non-hydrogen) atoms. The molecule has 0 bridgehead atoms. The highest BCUT2D eigenvalue weighted by atomic mass is 35.5. The Balaban J connectivity index is 2.22. The van der Waals surface area contributed by atoms with Crippen molar-refractivity contribution in [3.05, 3.63) is 58.6 Å². The fraction of sp³-hybridized carbons (Fsp3) is 0.0714. The van der Waals surface area contributed by atoms with E-state index < -0.39 is 16.7 Å². The molecule has 4 N–H and O–H groups in total. The average Bonchev–Trinajstić information content (AvgIpc) is 2.40. The van der Waals surface area contributed by atoms with Crippen LogP contribution in [-0.2, 0) is 16.6 Å². The molecule has 4 nitrogen and oxygen atoms in total. The van der Waals surface area contributed by atoms with Gasteiger partial charge in [-0.05, 0) is 35.9 Å². The first-order valence-electron chi connectivity index (χ1n) is 5.79. The van der Waals surface area contributed by atoms with Gasteiger partial charge in [0.05, 0.1) is 16.6 Å². The SMILES string of the molecule is NC(=O)c1ccc(CS(=O)c2cccc(N)c2)c(Cl)c1. The maximum absolute atomic E-state index is 12.2. The molecule has 1 atom stereocenters. The van der Waals surface area contributed by atoms with E-state index in [0.717, 1.165) is 0 Å². The predicted molar refractivity (Wildman–Crippen MR) is 80.9 cm³/mol. The number of hydrogen-bond acceptors (Lipinski definition) is 3. The van der Waals surface area contributed by atoms with Gasteiger partial charge in [-0.3, -0.25) is 9.00 Å². The molecule has 1 unspecified atom stereocenters. The van der Waals surface area contributed by atoms with Crippen molar-refractivity contribution in [3.63, 3.8) is 0 Å². The first-order chi connectivity index (χ1) is 9.47. The smallest absolute Gasteiger partial charge is 0.248 e. The van der Waals surface area contributed by atoms with E-state index in [0.29, 0.717) is 26.7 Å². The van der Waals surface area contributed by atoms with E-state index in [-0.39, 0.29) is 5.75 Å². The lowest BCUT2D eigenvalue weighted by atomic mass is 10.1. The van der Waals surface area contributed by atoms with E-state index in [1.807, 2.05) is 0 Å². The van der Waals surface area contributed by atoms with Gasteiger partial charge in [-0.25, -0.2) is 0 Å². The molecule has 0 saturated carbocycles. The summed E-state index contributed by atoms with van der Waals surface area (Å²) in [6, 6.07) is 11.6. The fourth-order valence-electron chi connectivity index (χ4n) is 1.70. The Morgan fingerprint density at radius 1 is 1.20 bits per heavy atom. The van der Waals surface area contributed by atoms with Crippen molar-refractivity contribution in [2.75, 3.05) is 5.73 Å². The number of amides is 1. The summed E-state index contributed by atoms with van der Waals surface area (Å²) in [5.74, 6) is -0.295. The van der Waals surface area contributed by atoms with E-state index in [1.165, 1.54) is 6.07 Å². The Bertz CT molecular complexity index is 689. The maximum Gasteiger partial charge on any atom is 0.248 e. The largest absolute Gasteiger partial charge is 0.399 e. The number of nitrogens with two attached hydrogens (primary N) is 2. The van der Waals surface area contributed by atoms with Crippen molar-refractivity contribution in [1.29, 1.82) is 0 Å². The van der Waals surface area contributed by atoms with Crippen molar-refractivity contribution in [2.45, 2.75) is 10.6 Å². The molecule has 2 rings (SSSR count). The van der Waals surface area contributed by atoms with Gasteiger partial charge in [0, 0.05) is 21.2 Å². The van der Waals surface area contributed by atoms with Crippen LogP contribution >= 0.6 is 11.6 Å². The minimum atomic E-state index is -1.25. The van der Waals surface area contributed by atoms with Gasteiger partial charge in [0.2, 0.25) is 5.91 Å². The number of anilines is 1. The van der Waals surface area contributed by atoms with Crippen molar-refractivity contribution >= 4 is 34.0 Å². The predicted octanol–water partition coefficient (Wildman–Crippen LogP) is 2.33. The van der Waals surface area contributed by atoms with E-state index in [1.54, 1.807) is 36.4 Å². The Morgan fingerprint density at radius 2 is 1.95 bits per heavy atom. The molecule has 2 aromatic rings. The molecule has 0 spiro atoms. The molecule has 2 aromatic carbocycles. The second kappa shape index (κ2) is 6.07. The summed E-state index contributed by atoms with van der Waals surface area (Å²) >= 11 is 6.07. The van der Waals surface area contributed by atoms with Crippen molar-refractivity contribution < 1.29 is 9.00 Å². The molecule has 0 aliphatic rings. The molecule has 0 saturated heterocycles. The summed E-state index contributed by atoms with van der Waals surface area (Å²) in [5, 5.41) is 0.374. The molecule has 0 fully saturated rings. The number of rotatable bonds is 4. The lowest BCUT2D eigenvalue weighted by molar-refractivity contribution is 0.100. The Labute approximate surface area is 124 Å². The van der Waals surface area contributed by atoms with Gasteiger partial charge >= 0.3 is 0 Å². The van der Waals surface area contributed by atoms with E-state index in [9.17, 15) is 9.00 Å². The van der Waals surface area contributed by atoms with Gasteiger partial charge < -0.3 is 11.5 Å². The lowest BCUT2D eigenvalue weighted by Gasteiger charge is -2.06. The molecule has 0 aliphatic heterocycles. The molecule has 104 valence electrons. The van der Waals surface area contributed by atoms with Crippen LogP contribution in [0.25, 0.3) is 0 Å². The summed E-state index contributed by atoms with van der Waals surface area (Å²) in [7, 11) is -1.25. The third-order valence-electron chi connectivity index (χ3n) is 2.75. The second-order valence-electron chi connectivity index (χ2n) is 4.23. The summed E-state index contributed by atoms with van der Waals surface area (Å²) in [4.78, 5) is 11.7. The van der Waals surface area contributed by atoms with Crippen molar-refractivity contribution in [3.8, 4) is 0 Å². The summed E-state index contributed by atoms with van der Waals surface area (Å²) in [5.41, 5.74) is 12.4. The Kier molecular flexibility index (Phi) is 4.42. The molecular weight excluding hydrogens is 296 g/mol. The Morgan fingerprint density at radius 3 is 2.55 bits per heavy atom. The van der Waals surface area contributed by atoms with Crippen LogP contribution in [0.2, 0.25) is 5.02 Å². The molecule has 0 aliphatic carbocycles. The number of benzene rings is 2. The van der Waals surface area contributed by atoms with Gasteiger partial charge in [0.25, 0.3) is 0 Å². The number of carbonyl (C=O) groups is 1. The second-order valence-corrected chi connectivity index (χ2v) is 6.09. The van der Waals surface area contributed by atoms with Crippen LogP contribution in [0, 0.1) is 0 Å². The minimum Gasteiger partial charge on any atom is -0.399 e. The number of nitrogen functional groups attached to an aromatic ring is 1. The third-order valence-corrected chi connectivity index (χ3v) is 4.45. The van der Waals surface area contributed by atoms with E-state index in [4.69, 9.17) is 23.1 Å². The fourth-order valence-corrected chi connectivity index (χ4v) is 3.22. The summed E-state index contributed by atoms with van der Waals surface area (Å²) < 4.78 is 12.2. The molecular formula is C14H13ClN2O2S. The normalized spacial score (nSPS) is 12.1. The highest BCUT2D eigenvalue weighted by molar-refractivity contribution is 7.84. The van der Waals surface area contributed by atoms with Crippen LogP contribution in [0.1, 0.15) is 15.9 Å². The zero-order chi connectivity index (χ0) is 14.7. The quantitative estimate of drug-likeness (QED) is 0.850. The number of primary amides is 1. The van der Waals surface area contributed by atoms with Crippen LogP contribution in [0.3, 0.4) is 0 Å². The molecule has 0 aromatic heterocycles. The number of halogens is 1. The summed E-state index contributed by atoms with van der Waals surface area (Å²) in [6.07, 6.45) is 0. The van der Waals surface area contributed by atoms with Gasteiger partial charge in [0.1, 0.15) is 0 Å². The first-order valence-corrected chi connectivity index (χ1v) is 7.49. The van der Waals surface area contributed by atoms with Crippen LogP contribution in [0.15, 0.2) is 47.4 Å². The van der Waals surface area contributed by atoms with Crippen LogP contribution in [0.5, 0.6) is 0 Å². The van der Waals surface area contributed by atoms with Crippen LogP contribution in [-0.4, -0.2) is 10.1 Å². The van der Waals surface area contributed by atoms with Crippen LogP contribution in [0.4, 0.5) is 5.69 Å². The van der Waals surface area contributed by atoms with Crippen molar-refractivity contribution in [1.82, 2.24) is 0 Å². The lowest BCUT2D eigenvalue weighted by Crippen LogP contribution is -2.11. The number of carbonyl (C=O) groups excluding carboxylic acids is 1. The van der Waals surface area contributed by atoms with Crippen molar-refractivity contribution in [2.24, 2.45) is 5.73 Å². The summed E-state index contributed by atoms with van der Waals surface area (Å²) in [6.45, 7) is 0. The third kappa shape index (κ3) is 3.37.